The SMILES string of the molecule is CCCCc1nc2c(C)cccc2n1Cc1ccc(-c2ccccc2-c2nn[nH]n2)cc1. The number of H-pyrrole nitrogens is 1. The van der Waals surface area contributed by atoms with Gasteiger partial charge in [0.1, 0.15) is 5.82 Å². The van der Waals surface area contributed by atoms with E-state index in [1.54, 1.807) is 0 Å². The van der Waals surface area contributed by atoms with E-state index in [1.165, 1.54) is 22.5 Å². The largest absolute Gasteiger partial charge is 0.323 e. The van der Waals surface area contributed by atoms with E-state index in [0.717, 1.165) is 48.0 Å². The highest BCUT2D eigenvalue weighted by Gasteiger charge is 2.14. The van der Waals surface area contributed by atoms with Gasteiger partial charge in [-0.05, 0) is 46.9 Å². The summed E-state index contributed by atoms with van der Waals surface area (Å²) in [5.74, 6) is 1.77. The van der Waals surface area contributed by atoms with Crippen LogP contribution in [0.1, 0.15) is 36.7 Å². The van der Waals surface area contributed by atoms with Crippen molar-refractivity contribution < 1.29 is 0 Å². The van der Waals surface area contributed by atoms with Crippen LogP contribution in [0.3, 0.4) is 0 Å². The number of aromatic nitrogens is 6. The Bertz CT molecular complexity index is 1330. The minimum Gasteiger partial charge on any atom is -0.323 e. The van der Waals surface area contributed by atoms with E-state index in [9.17, 15) is 0 Å². The fourth-order valence-electron chi connectivity index (χ4n) is 4.22. The molecule has 0 radical (unpaired) electrons. The molecule has 160 valence electrons. The molecule has 2 aromatic heterocycles. The first kappa shape index (κ1) is 20.1. The Labute approximate surface area is 187 Å². The molecule has 0 fully saturated rings. The van der Waals surface area contributed by atoms with Crippen LogP contribution in [-0.2, 0) is 13.0 Å². The number of aromatic amines is 1. The summed E-state index contributed by atoms with van der Waals surface area (Å²) in [5, 5.41) is 14.6. The summed E-state index contributed by atoms with van der Waals surface area (Å²) >= 11 is 0. The second kappa shape index (κ2) is 8.75. The molecule has 0 spiro atoms. The second-order valence-corrected chi connectivity index (χ2v) is 8.14. The van der Waals surface area contributed by atoms with E-state index >= 15 is 0 Å². The van der Waals surface area contributed by atoms with Crippen LogP contribution in [0.15, 0.2) is 66.7 Å². The van der Waals surface area contributed by atoms with Crippen LogP contribution in [0.4, 0.5) is 0 Å². The third kappa shape index (κ3) is 3.80. The molecule has 5 aromatic rings. The number of rotatable bonds is 7. The fourth-order valence-corrected chi connectivity index (χ4v) is 4.22. The highest BCUT2D eigenvalue weighted by atomic mass is 15.5. The highest BCUT2D eigenvalue weighted by Crippen LogP contribution is 2.30. The maximum absolute atomic E-state index is 4.99. The van der Waals surface area contributed by atoms with Gasteiger partial charge >= 0.3 is 0 Å². The minimum absolute atomic E-state index is 0.602. The van der Waals surface area contributed by atoms with Crippen LogP contribution in [0.2, 0.25) is 0 Å². The van der Waals surface area contributed by atoms with Crippen molar-refractivity contribution in [3.63, 3.8) is 0 Å². The number of fused-ring (bicyclic) bond motifs is 1. The lowest BCUT2D eigenvalue weighted by atomic mass is 9.98. The Morgan fingerprint density at radius 2 is 1.72 bits per heavy atom. The fraction of sp³-hybridized carbons (Fsp3) is 0.231. The van der Waals surface area contributed by atoms with Gasteiger partial charge in [0, 0.05) is 18.5 Å². The Hall–Kier alpha value is -3.80. The molecule has 0 saturated heterocycles. The van der Waals surface area contributed by atoms with Crippen molar-refractivity contribution in [2.45, 2.75) is 39.7 Å². The molecule has 0 saturated carbocycles. The van der Waals surface area contributed by atoms with Crippen molar-refractivity contribution in [2.75, 3.05) is 0 Å². The zero-order chi connectivity index (χ0) is 21.9. The van der Waals surface area contributed by atoms with Crippen molar-refractivity contribution in [1.82, 2.24) is 30.2 Å². The number of para-hydroxylation sites is 1. The van der Waals surface area contributed by atoms with Gasteiger partial charge in [-0.15, -0.1) is 10.2 Å². The van der Waals surface area contributed by atoms with E-state index < -0.39 is 0 Å². The van der Waals surface area contributed by atoms with Gasteiger partial charge in [0.15, 0.2) is 0 Å². The summed E-state index contributed by atoms with van der Waals surface area (Å²) in [6.07, 6.45) is 3.31. The van der Waals surface area contributed by atoms with Crippen molar-refractivity contribution in [3.8, 4) is 22.5 Å². The van der Waals surface area contributed by atoms with Crippen LogP contribution in [0.25, 0.3) is 33.5 Å². The molecule has 2 heterocycles. The van der Waals surface area contributed by atoms with Gasteiger partial charge in [0.25, 0.3) is 0 Å². The Balaban J connectivity index is 1.48. The topological polar surface area (TPSA) is 72.3 Å². The molecule has 0 aliphatic carbocycles. The van der Waals surface area contributed by atoms with Gasteiger partial charge in [-0.1, -0.05) is 74.0 Å². The lowest BCUT2D eigenvalue weighted by molar-refractivity contribution is 0.690. The number of unbranched alkanes of at least 4 members (excludes halogenated alkanes) is 1. The van der Waals surface area contributed by atoms with E-state index in [4.69, 9.17) is 4.98 Å². The second-order valence-electron chi connectivity index (χ2n) is 8.14. The number of aryl methyl sites for hydroxylation is 2. The zero-order valence-corrected chi connectivity index (χ0v) is 18.4. The summed E-state index contributed by atoms with van der Waals surface area (Å²) in [6, 6.07) is 23.3. The number of nitrogens with zero attached hydrogens (tertiary/aromatic N) is 5. The third-order valence-electron chi connectivity index (χ3n) is 5.93. The molecule has 3 aromatic carbocycles. The quantitative estimate of drug-likeness (QED) is 0.371. The summed E-state index contributed by atoms with van der Waals surface area (Å²) in [6.45, 7) is 5.17. The predicted molar refractivity (Wildman–Crippen MR) is 127 cm³/mol. The molecule has 0 atom stereocenters. The van der Waals surface area contributed by atoms with Crippen LogP contribution < -0.4 is 0 Å². The maximum atomic E-state index is 4.99. The van der Waals surface area contributed by atoms with Crippen molar-refractivity contribution in [1.29, 1.82) is 0 Å². The molecule has 0 aliphatic rings. The smallest absolute Gasteiger partial charge is 0.205 e. The van der Waals surface area contributed by atoms with Gasteiger partial charge in [-0.3, -0.25) is 0 Å². The summed E-state index contributed by atoms with van der Waals surface area (Å²) in [7, 11) is 0. The zero-order valence-electron chi connectivity index (χ0n) is 18.4. The van der Waals surface area contributed by atoms with Crippen molar-refractivity contribution in [2.24, 2.45) is 0 Å². The van der Waals surface area contributed by atoms with E-state index in [0.29, 0.717) is 5.82 Å². The van der Waals surface area contributed by atoms with Gasteiger partial charge in [-0.25, -0.2) is 4.98 Å². The third-order valence-corrected chi connectivity index (χ3v) is 5.93. The van der Waals surface area contributed by atoms with E-state index in [1.807, 2.05) is 18.2 Å². The molecule has 0 aliphatic heterocycles. The first-order valence-corrected chi connectivity index (χ1v) is 11.1. The molecule has 0 bridgehead atoms. The molecule has 0 amide bonds. The Morgan fingerprint density at radius 3 is 2.47 bits per heavy atom. The number of imidazole rings is 1. The molecular weight excluding hydrogens is 396 g/mol. The number of nitrogens with one attached hydrogen (secondary N) is 1. The normalized spacial score (nSPS) is 11.3. The van der Waals surface area contributed by atoms with Crippen molar-refractivity contribution in [3.05, 3.63) is 83.7 Å². The van der Waals surface area contributed by atoms with Gasteiger partial charge < -0.3 is 4.57 Å². The Morgan fingerprint density at radius 1 is 0.906 bits per heavy atom. The number of benzene rings is 3. The van der Waals surface area contributed by atoms with E-state index in [2.05, 4.69) is 87.6 Å². The maximum Gasteiger partial charge on any atom is 0.205 e. The number of hydrogen-bond acceptors (Lipinski definition) is 4. The lowest BCUT2D eigenvalue weighted by Crippen LogP contribution is -2.05. The molecular formula is C26H26N6. The van der Waals surface area contributed by atoms with Crippen LogP contribution >= 0.6 is 0 Å². The van der Waals surface area contributed by atoms with E-state index in [-0.39, 0.29) is 0 Å². The summed E-state index contributed by atoms with van der Waals surface area (Å²) < 4.78 is 2.38. The van der Waals surface area contributed by atoms with Gasteiger partial charge in [-0.2, -0.15) is 5.21 Å². The average molecular weight is 423 g/mol. The van der Waals surface area contributed by atoms with Gasteiger partial charge in [0.2, 0.25) is 5.82 Å². The molecule has 32 heavy (non-hydrogen) atoms. The molecule has 1 N–H and O–H groups in total. The van der Waals surface area contributed by atoms with Crippen LogP contribution in [-0.4, -0.2) is 30.2 Å². The number of tetrazole rings is 1. The standard InChI is InChI=1S/C26H26N6/c1-3-4-12-24-27-25-18(2)8-7-11-23(25)32(24)17-19-13-15-20(16-14-19)21-9-5-6-10-22(21)26-28-30-31-29-26/h5-11,13-16H,3-4,12,17H2,1-2H3,(H,28,29,30,31). The molecule has 6 heteroatoms. The minimum atomic E-state index is 0.602. The monoisotopic (exact) mass is 422 g/mol. The Kier molecular flexibility index (Phi) is 5.50. The predicted octanol–water partition coefficient (Wildman–Crippen LogP) is 5.58. The molecule has 5 rings (SSSR count). The highest BCUT2D eigenvalue weighted by molar-refractivity contribution is 5.81. The first-order chi connectivity index (χ1) is 15.7. The first-order valence-electron chi connectivity index (χ1n) is 11.1. The average Bonchev–Trinajstić information content (AvgIpc) is 3.48. The van der Waals surface area contributed by atoms with Gasteiger partial charge in [0.05, 0.1) is 11.0 Å². The molecule has 0 unspecified atom stereocenters. The van der Waals surface area contributed by atoms with Crippen LogP contribution in [0, 0.1) is 6.92 Å². The summed E-state index contributed by atoms with van der Waals surface area (Å²) in [4.78, 5) is 4.99. The van der Waals surface area contributed by atoms with Crippen LogP contribution in [0.5, 0.6) is 0 Å². The number of hydrogen-bond donors (Lipinski definition) is 1. The lowest BCUT2D eigenvalue weighted by Gasteiger charge is -2.11. The van der Waals surface area contributed by atoms with Crippen molar-refractivity contribution >= 4 is 11.0 Å². The summed E-state index contributed by atoms with van der Waals surface area (Å²) in [5.41, 5.74) is 8.00. The molecule has 6 nitrogen and oxygen atoms in total.